The highest BCUT2D eigenvalue weighted by Gasteiger charge is 2.43. The Kier molecular flexibility index (Phi) is 6.54. The number of nitrogens with zero attached hydrogens (tertiary/aromatic N) is 2. The zero-order valence-corrected chi connectivity index (χ0v) is 16.3. The van der Waals surface area contributed by atoms with Crippen molar-refractivity contribution in [3.8, 4) is 5.75 Å². The van der Waals surface area contributed by atoms with Gasteiger partial charge in [-0.25, -0.2) is 0 Å². The number of rotatable bonds is 6. The Hall–Kier alpha value is -2.57. The fourth-order valence-corrected chi connectivity index (χ4v) is 3.91. The van der Waals surface area contributed by atoms with E-state index in [1.807, 2.05) is 29.2 Å². The first-order valence-corrected chi connectivity index (χ1v) is 9.92. The quantitative estimate of drug-likeness (QED) is 0.803. The molecule has 28 heavy (non-hydrogen) atoms. The lowest BCUT2D eigenvalue weighted by Gasteiger charge is -2.36. The van der Waals surface area contributed by atoms with Crippen LogP contribution in [0.3, 0.4) is 0 Å². The van der Waals surface area contributed by atoms with Gasteiger partial charge >= 0.3 is 5.97 Å². The minimum absolute atomic E-state index is 0.0637. The number of hydrogen-bond acceptors (Lipinski definition) is 4. The molecular formula is C21H28N2O5. The topological polar surface area (TPSA) is 87.2 Å². The van der Waals surface area contributed by atoms with Crippen molar-refractivity contribution in [2.75, 3.05) is 33.3 Å². The number of benzene rings is 1. The molecule has 152 valence electrons. The predicted octanol–water partition coefficient (Wildman–Crippen LogP) is 1.80. The first-order valence-electron chi connectivity index (χ1n) is 9.92. The highest BCUT2D eigenvalue weighted by Crippen LogP contribution is 2.36. The lowest BCUT2D eigenvalue weighted by atomic mass is 9.73. The highest BCUT2D eigenvalue weighted by molar-refractivity contribution is 5.86. The molecule has 0 bridgehead atoms. The molecule has 2 amide bonds. The Morgan fingerprint density at radius 2 is 1.64 bits per heavy atom. The molecule has 1 N–H and O–H groups in total. The number of carbonyl (C=O) groups is 3. The summed E-state index contributed by atoms with van der Waals surface area (Å²) < 4.78 is 5.14. The molecule has 0 aromatic heterocycles. The van der Waals surface area contributed by atoms with E-state index in [-0.39, 0.29) is 11.8 Å². The summed E-state index contributed by atoms with van der Waals surface area (Å²) in [6.45, 7) is 2.22. The van der Waals surface area contributed by atoms with Gasteiger partial charge in [0.15, 0.2) is 0 Å². The van der Waals surface area contributed by atoms with Gasteiger partial charge in [0, 0.05) is 32.6 Å². The van der Waals surface area contributed by atoms with E-state index < -0.39 is 17.8 Å². The summed E-state index contributed by atoms with van der Waals surface area (Å²) in [6, 6.07) is 7.71. The van der Waals surface area contributed by atoms with Crippen molar-refractivity contribution in [2.45, 2.75) is 32.1 Å². The third-order valence-electron chi connectivity index (χ3n) is 5.86. The van der Waals surface area contributed by atoms with Crippen LogP contribution in [0.25, 0.3) is 0 Å². The number of carboxylic acids is 1. The maximum atomic E-state index is 12.6. The van der Waals surface area contributed by atoms with Crippen LogP contribution in [-0.2, 0) is 20.8 Å². The maximum Gasteiger partial charge on any atom is 0.307 e. The first-order chi connectivity index (χ1) is 13.5. The largest absolute Gasteiger partial charge is 0.497 e. The summed E-state index contributed by atoms with van der Waals surface area (Å²) in [5.41, 5.74) is 1.09. The van der Waals surface area contributed by atoms with E-state index >= 15 is 0 Å². The number of ether oxygens (including phenoxy) is 1. The number of aryl methyl sites for hydroxylation is 1. The van der Waals surface area contributed by atoms with Gasteiger partial charge in [-0.15, -0.1) is 0 Å². The normalized spacial score (nSPS) is 22.2. The molecule has 2 atom stereocenters. The number of methoxy groups -OCH3 is 1. The molecule has 1 aliphatic carbocycles. The Morgan fingerprint density at radius 3 is 2.25 bits per heavy atom. The van der Waals surface area contributed by atoms with Crippen LogP contribution >= 0.6 is 0 Å². The van der Waals surface area contributed by atoms with Gasteiger partial charge in [0.2, 0.25) is 11.8 Å². The van der Waals surface area contributed by atoms with Crippen molar-refractivity contribution in [3.63, 3.8) is 0 Å². The number of amides is 2. The fraction of sp³-hybridized carbons (Fsp3) is 0.571. The summed E-state index contributed by atoms with van der Waals surface area (Å²) in [5.74, 6) is -0.991. The van der Waals surface area contributed by atoms with Gasteiger partial charge in [0.25, 0.3) is 0 Å². The van der Waals surface area contributed by atoms with Crippen LogP contribution in [0, 0.1) is 11.8 Å². The second kappa shape index (κ2) is 9.08. The summed E-state index contributed by atoms with van der Waals surface area (Å²) in [7, 11) is 1.62. The van der Waals surface area contributed by atoms with Crippen molar-refractivity contribution in [1.82, 2.24) is 9.80 Å². The molecule has 1 saturated carbocycles. The third kappa shape index (κ3) is 4.64. The van der Waals surface area contributed by atoms with E-state index in [0.717, 1.165) is 17.7 Å². The van der Waals surface area contributed by atoms with Gasteiger partial charge in [0.05, 0.1) is 18.9 Å². The van der Waals surface area contributed by atoms with Crippen molar-refractivity contribution in [2.24, 2.45) is 11.8 Å². The Balaban J connectivity index is 1.48. The highest BCUT2D eigenvalue weighted by atomic mass is 16.5. The van der Waals surface area contributed by atoms with Crippen LogP contribution in [0.1, 0.15) is 31.2 Å². The lowest BCUT2D eigenvalue weighted by molar-refractivity contribution is -0.156. The lowest BCUT2D eigenvalue weighted by Crippen LogP contribution is -2.47. The molecule has 7 nitrogen and oxygen atoms in total. The van der Waals surface area contributed by atoms with Crippen LogP contribution in [0.5, 0.6) is 5.75 Å². The number of carbonyl (C=O) groups excluding carboxylic acids is 2. The molecule has 1 saturated heterocycles. The SMILES string of the molecule is COc1ccc(CCC(=O)N2CCCN(C(=O)C3CCC3C(=O)O)CC2)cc1. The summed E-state index contributed by atoms with van der Waals surface area (Å²) in [6.07, 6.45) is 3.06. The fourth-order valence-electron chi connectivity index (χ4n) is 3.91. The summed E-state index contributed by atoms with van der Waals surface area (Å²) in [4.78, 5) is 40.0. The van der Waals surface area contributed by atoms with Gasteiger partial charge in [-0.1, -0.05) is 12.1 Å². The van der Waals surface area contributed by atoms with Crippen molar-refractivity contribution < 1.29 is 24.2 Å². The molecule has 0 spiro atoms. The molecule has 1 aromatic carbocycles. The Morgan fingerprint density at radius 1 is 1.00 bits per heavy atom. The minimum atomic E-state index is -0.880. The molecule has 2 fully saturated rings. The van der Waals surface area contributed by atoms with Crippen LogP contribution < -0.4 is 4.74 Å². The molecule has 7 heteroatoms. The minimum Gasteiger partial charge on any atom is -0.497 e. The standard InChI is InChI=1S/C21H28N2O5/c1-28-16-6-3-15(4-7-16)5-10-19(24)22-11-2-12-23(14-13-22)20(25)17-8-9-18(17)21(26)27/h3-4,6-7,17-18H,2,5,8-14H2,1H3,(H,26,27). The second-order valence-corrected chi connectivity index (χ2v) is 7.54. The molecule has 3 rings (SSSR count). The average molecular weight is 388 g/mol. The van der Waals surface area contributed by atoms with E-state index in [1.54, 1.807) is 12.0 Å². The van der Waals surface area contributed by atoms with Gasteiger partial charge < -0.3 is 19.6 Å². The third-order valence-corrected chi connectivity index (χ3v) is 5.86. The van der Waals surface area contributed by atoms with Crippen LogP contribution in [0.15, 0.2) is 24.3 Å². The van der Waals surface area contributed by atoms with E-state index in [9.17, 15) is 19.5 Å². The van der Waals surface area contributed by atoms with E-state index in [0.29, 0.717) is 51.9 Å². The van der Waals surface area contributed by atoms with Gasteiger partial charge in [-0.2, -0.15) is 0 Å². The molecule has 2 unspecified atom stereocenters. The van der Waals surface area contributed by atoms with Gasteiger partial charge in [-0.3, -0.25) is 14.4 Å². The van der Waals surface area contributed by atoms with E-state index in [1.165, 1.54) is 0 Å². The molecule has 0 radical (unpaired) electrons. The van der Waals surface area contributed by atoms with Gasteiger partial charge in [0.1, 0.15) is 5.75 Å². The van der Waals surface area contributed by atoms with Crippen LogP contribution in [0.4, 0.5) is 0 Å². The summed E-state index contributed by atoms with van der Waals surface area (Å²) >= 11 is 0. The molecule has 2 aliphatic rings. The van der Waals surface area contributed by atoms with Crippen LogP contribution in [-0.4, -0.2) is 66.0 Å². The first kappa shape index (κ1) is 20.2. The predicted molar refractivity (Wildman–Crippen MR) is 103 cm³/mol. The zero-order valence-electron chi connectivity index (χ0n) is 16.3. The zero-order chi connectivity index (χ0) is 20.1. The molecule has 1 aromatic rings. The number of carboxylic acid groups (broad SMARTS) is 1. The number of aliphatic carboxylic acids is 1. The maximum absolute atomic E-state index is 12.6. The Labute approximate surface area is 165 Å². The van der Waals surface area contributed by atoms with Crippen molar-refractivity contribution >= 4 is 17.8 Å². The molecule has 1 aliphatic heterocycles. The van der Waals surface area contributed by atoms with Crippen molar-refractivity contribution in [3.05, 3.63) is 29.8 Å². The van der Waals surface area contributed by atoms with E-state index in [2.05, 4.69) is 0 Å². The van der Waals surface area contributed by atoms with Crippen LogP contribution in [0.2, 0.25) is 0 Å². The molecule has 1 heterocycles. The average Bonchev–Trinajstić information content (AvgIpc) is 2.91. The van der Waals surface area contributed by atoms with Crippen molar-refractivity contribution in [1.29, 1.82) is 0 Å². The van der Waals surface area contributed by atoms with E-state index in [4.69, 9.17) is 4.74 Å². The smallest absolute Gasteiger partial charge is 0.307 e. The Bertz CT molecular complexity index is 718. The molecular weight excluding hydrogens is 360 g/mol. The monoisotopic (exact) mass is 388 g/mol. The summed E-state index contributed by atoms with van der Waals surface area (Å²) in [5, 5.41) is 9.17. The van der Waals surface area contributed by atoms with Gasteiger partial charge in [-0.05, 0) is 43.4 Å². The number of hydrogen-bond donors (Lipinski definition) is 1. The second-order valence-electron chi connectivity index (χ2n) is 7.54.